The Bertz CT molecular complexity index is 507. The molecule has 1 aromatic carbocycles. The van der Waals surface area contributed by atoms with Crippen molar-refractivity contribution in [2.45, 2.75) is 29.4 Å². The summed E-state index contributed by atoms with van der Waals surface area (Å²) in [7, 11) is -3.53. The van der Waals surface area contributed by atoms with Crippen molar-refractivity contribution < 1.29 is 12.8 Å². The van der Waals surface area contributed by atoms with E-state index in [0.29, 0.717) is 6.54 Å². The Morgan fingerprint density at radius 2 is 2.06 bits per heavy atom. The minimum Gasteiger partial charge on any atom is -0.210 e. The minimum atomic E-state index is -3.53. The molecule has 2 rings (SSSR count). The molecule has 1 heterocycles. The minimum absolute atomic E-state index is 0.0207. The number of nitrogens with one attached hydrogen (secondary N) is 1. The molecule has 0 radical (unpaired) electrons. The van der Waals surface area contributed by atoms with Gasteiger partial charge in [-0.25, -0.2) is 17.5 Å². The lowest BCUT2D eigenvalue weighted by molar-refractivity contribution is 0.552. The second kappa shape index (κ2) is 5.19. The monoisotopic (exact) mass is 289 g/mol. The van der Waals surface area contributed by atoms with E-state index in [4.69, 9.17) is 0 Å². The van der Waals surface area contributed by atoms with Crippen molar-refractivity contribution in [3.63, 3.8) is 0 Å². The van der Waals surface area contributed by atoms with Gasteiger partial charge in [-0.1, -0.05) is 0 Å². The predicted molar refractivity (Wildman–Crippen MR) is 71.7 cm³/mol. The van der Waals surface area contributed by atoms with Crippen LogP contribution in [0, 0.1) is 5.82 Å². The summed E-state index contributed by atoms with van der Waals surface area (Å²) in [5.74, 6) is 0.640. The Morgan fingerprint density at radius 3 is 2.61 bits per heavy atom. The van der Waals surface area contributed by atoms with Crippen LogP contribution in [0.15, 0.2) is 29.2 Å². The normalized spacial score (nSPS) is 24.3. The Morgan fingerprint density at radius 1 is 1.39 bits per heavy atom. The molecular formula is C12H16FNO2S2. The van der Waals surface area contributed by atoms with Crippen LogP contribution in [0.2, 0.25) is 0 Å². The third kappa shape index (κ3) is 3.24. The molecule has 1 unspecified atom stereocenters. The van der Waals surface area contributed by atoms with Gasteiger partial charge in [0.15, 0.2) is 0 Å². The summed E-state index contributed by atoms with van der Waals surface area (Å²) in [6.07, 6.45) is 2.14. The van der Waals surface area contributed by atoms with Crippen LogP contribution in [-0.4, -0.2) is 25.5 Å². The van der Waals surface area contributed by atoms with Crippen LogP contribution < -0.4 is 4.72 Å². The van der Waals surface area contributed by atoms with Gasteiger partial charge < -0.3 is 0 Å². The fourth-order valence-corrected chi connectivity index (χ4v) is 4.43. The van der Waals surface area contributed by atoms with E-state index in [1.54, 1.807) is 11.8 Å². The molecule has 1 fully saturated rings. The van der Waals surface area contributed by atoms with Crippen molar-refractivity contribution in [2.75, 3.05) is 12.3 Å². The van der Waals surface area contributed by atoms with E-state index in [0.717, 1.165) is 30.7 Å². The number of halogens is 1. The highest BCUT2D eigenvalue weighted by Crippen LogP contribution is 2.37. The molecule has 0 amide bonds. The maximum atomic E-state index is 12.7. The molecule has 1 aromatic rings. The van der Waals surface area contributed by atoms with Crippen LogP contribution in [0.4, 0.5) is 4.39 Å². The smallest absolute Gasteiger partial charge is 0.210 e. The highest BCUT2D eigenvalue weighted by atomic mass is 32.2. The molecule has 0 spiro atoms. The largest absolute Gasteiger partial charge is 0.240 e. The second-order valence-electron chi connectivity index (χ2n) is 4.68. The maximum Gasteiger partial charge on any atom is 0.240 e. The van der Waals surface area contributed by atoms with E-state index in [2.05, 4.69) is 11.6 Å². The molecule has 1 aliphatic heterocycles. The number of rotatable bonds is 4. The molecule has 0 bridgehead atoms. The van der Waals surface area contributed by atoms with Crippen LogP contribution in [0.25, 0.3) is 0 Å². The molecule has 100 valence electrons. The molecule has 0 aromatic heterocycles. The van der Waals surface area contributed by atoms with Gasteiger partial charge in [0.1, 0.15) is 5.82 Å². The van der Waals surface area contributed by atoms with Crippen molar-refractivity contribution in [3.8, 4) is 0 Å². The summed E-state index contributed by atoms with van der Waals surface area (Å²) in [4.78, 5) is 0.107. The van der Waals surface area contributed by atoms with Crippen LogP contribution >= 0.6 is 11.8 Å². The van der Waals surface area contributed by atoms with E-state index < -0.39 is 15.8 Å². The van der Waals surface area contributed by atoms with Gasteiger partial charge in [0.2, 0.25) is 10.0 Å². The summed E-state index contributed by atoms with van der Waals surface area (Å²) in [6.45, 7) is 2.48. The zero-order valence-corrected chi connectivity index (χ0v) is 11.8. The zero-order chi connectivity index (χ0) is 13.2. The first-order valence-corrected chi connectivity index (χ1v) is 8.27. The molecule has 0 aliphatic carbocycles. The predicted octanol–water partition coefficient (Wildman–Crippen LogP) is 2.39. The van der Waals surface area contributed by atoms with Gasteiger partial charge in [-0.15, -0.1) is 0 Å². The Balaban J connectivity index is 2.05. The average Bonchev–Trinajstić information content (AvgIpc) is 2.75. The molecular weight excluding hydrogens is 273 g/mol. The third-order valence-corrected chi connectivity index (χ3v) is 6.02. The molecule has 1 atom stereocenters. The average molecular weight is 289 g/mol. The van der Waals surface area contributed by atoms with Gasteiger partial charge in [0, 0.05) is 11.3 Å². The maximum absolute atomic E-state index is 12.7. The van der Waals surface area contributed by atoms with Gasteiger partial charge in [-0.2, -0.15) is 11.8 Å². The molecule has 3 nitrogen and oxygen atoms in total. The quantitative estimate of drug-likeness (QED) is 0.926. The van der Waals surface area contributed by atoms with Crippen molar-refractivity contribution in [1.29, 1.82) is 0 Å². The van der Waals surface area contributed by atoms with E-state index >= 15 is 0 Å². The topological polar surface area (TPSA) is 46.2 Å². The summed E-state index contributed by atoms with van der Waals surface area (Å²) >= 11 is 1.80. The molecule has 18 heavy (non-hydrogen) atoms. The highest BCUT2D eigenvalue weighted by Gasteiger charge is 2.31. The number of thioether (sulfide) groups is 1. The lowest BCUT2D eigenvalue weighted by Gasteiger charge is -2.22. The second-order valence-corrected chi connectivity index (χ2v) is 8.13. The highest BCUT2D eigenvalue weighted by molar-refractivity contribution is 8.01. The molecule has 1 saturated heterocycles. The van der Waals surface area contributed by atoms with Crippen LogP contribution in [0.3, 0.4) is 0 Å². The van der Waals surface area contributed by atoms with Crippen molar-refractivity contribution in [1.82, 2.24) is 4.72 Å². The molecule has 1 N–H and O–H groups in total. The number of benzene rings is 1. The summed E-state index contributed by atoms with van der Waals surface area (Å²) in [5.41, 5.74) is 0. The van der Waals surface area contributed by atoms with Crippen LogP contribution in [0.1, 0.15) is 19.8 Å². The van der Waals surface area contributed by atoms with Gasteiger partial charge in [-0.05, 0) is 49.8 Å². The standard InChI is InChI=1S/C12H16FNO2S2/c1-12(7-2-8-17-12)9-14-18(15,16)11-5-3-10(13)4-6-11/h3-6,14H,2,7-9H2,1H3. The van der Waals surface area contributed by atoms with E-state index in [9.17, 15) is 12.8 Å². The van der Waals surface area contributed by atoms with E-state index in [-0.39, 0.29) is 9.64 Å². The SMILES string of the molecule is CC1(CNS(=O)(=O)c2ccc(F)cc2)CCCS1. The van der Waals surface area contributed by atoms with E-state index in [1.807, 2.05) is 0 Å². The van der Waals surface area contributed by atoms with Gasteiger partial charge in [0.05, 0.1) is 4.90 Å². The fourth-order valence-electron chi connectivity index (χ4n) is 1.92. The summed E-state index contributed by atoms with van der Waals surface area (Å²) < 4.78 is 39.3. The van der Waals surface area contributed by atoms with Gasteiger partial charge in [-0.3, -0.25) is 0 Å². The first-order chi connectivity index (χ1) is 8.41. The first kappa shape index (κ1) is 13.8. The number of hydrogen-bond acceptors (Lipinski definition) is 3. The van der Waals surface area contributed by atoms with Crippen molar-refractivity contribution in [2.24, 2.45) is 0 Å². The Hall–Kier alpha value is -0.590. The Labute approximate surface area is 111 Å². The molecule has 6 heteroatoms. The molecule has 1 aliphatic rings. The summed E-state index contributed by atoms with van der Waals surface area (Å²) in [6, 6.07) is 4.87. The lowest BCUT2D eigenvalue weighted by atomic mass is 10.1. The van der Waals surface area contributed by atoms with Crippen LogP contribution in [0.5, 0.6) is 0 Å². The number of sulfonamides is 1. The van der Waals surface area contributed by atoms with E-state index in [1.165, 1.54) is 12.1 Å². The van der Waals surface area contributed by atoms with Gasteiger partial charge >= 0.3 is 0 Å². The third-order valence-electron chi connectivity index (χ3n) is 3.06. The zero-order valence-electron chi connectivity index (χ0n) is 10.1. The number of hydrogen-bond donors (Lipinski definition) is 1. The Kier molecular flexibility index (Phi) is 3.99. The molecule has 0 saturated carbocycles. The summed E-state index contributed by atoms with van der Waals surface area (Å²) in [5, 5.41) is 0. The van der Waals surface area contributed by atoms with Crippen molar-refractivity contribution in [3.05, 3.63) is 30.1 Å². The van der Waals surface area contributed by atoms with Crippen molar-refractivity contribution >= 4 is 21.8 Å². The van der Waals surface area contributed by atoms with Gasteiger partial charge in [0.25, 0.3) is 0 Å². The lowest BCUT2D eigenvalue weighted by Crippen LogP contribution is -2.36. The fraction of sp³-hybridized carbons (Fsp3) is 0.500. The first-order valence-electron chi connectivity index (χ1n) is 5.81. The van der Waals surface area contributed by atoms with Crippen LogP contribution in [-0.2, 0) is 10.0 Å².